The van der Waals surface area contributed by atoms with E-state index in [0.717, 1.165) is 4.90 Å². The van der Waals surface area contributed by atoms with Crippen molar-refractivity contribution in [2.45, 2.75) is 6.04 Å². The smallest absolute Gasteiger partial charge is 0.343 e. The molecule has 0 spiro atoms. The SMILES string of the molecule is COc1ccc(C2=C3C(=O)c4c(cccc4N(C(=O)NN)C(=O)c4ccccc4OC)C3N=N2)cc1. The van der Waals surface area contributed by atoms with Gasteiger partial charge in [-0.25, -0.2) is 15.5 Å². The number of fused-ring (bicyclic) bond motifs is 3. The number of nitrogens with one attached hydrogen (secondary N) is 1. The van der Waals surface area contributed by atoms with Crippen molar-refractivity contribution in [3.63, 3.8) is 0 Å². The van der Waals surface area contributed by atoms with E-state index in [2.05, 4.69) is 10.2 Å². The molecule has 36 heavy (non-hydrogen) atoms. The van der Waals surface area contributed by atoms with Gasteiger partial charge >= 0.3 is 6.03 Å². The summed E-state index contributed by atoms with van der Waals surface area (Å²) in [5, 5.41) is 8.61. The lowest BCUT2D eigenvalue weighted by molar-refractivity contribution is 0.0990. The average molecular weight is 483 g/mol. The molecule has 0 radical (unpaired) electrons. The van der Waals surface area contributed by atoms with Crippen molar-refractivity contribution < 1.29 is 23.9 Å². The fraction of sp³-hybridized carbons (Fsp3) is 0.115. The molecule has 0 bridgehead atoms. The van der Waals surface area contributed by atoms with Gasteiger partial charge in [0.25, 0.3) is 5.91 Å². The van der Waals surface area contributed by atoms with E-state index >= 15 is 0 Å². The van der Waals surface area contributed by atoms with Gasteiger partial charge < -0.3 is 9.47 Å². The van der Waals surface area contributed by atoms with Gasteiger partial charge in [0, 0.05) is 5.56 Å². The summed E-state index contributed by atoms with van der Waals surface area (Å²) in [6.07, 6.45) is 0. The Balaban J connectivity index is 1.63. The number of azo groups is 1. The summed E-state index contributed by atoms with van der Waals surface area (Å²) in [6, 6.07) is 16.9. The second-order valence-corrected chi connectivity index (χ2v) is 7.97. The summed E-state index contributed by atoms with van der Waals surface area (Å²) in [5.74, 6) is 5.28. The van der Waals surface area contributed by atoms with E-state index in [9.17, 15) is 14.4 Å². The molecule has 2 aliphatic rings. The first-order valence-corrected chi connectivity index (χ1v) is 10.9. The fourth-order valence-electron chi connectivity index (χ4n) is 4.44. The number of para-hydroxylation sites is 1. The van der Waals surface area contributed by atoms with Gasteiger partial charge in [-0.2, -0.15) is 10.2 Å². The van der Waals surface area contributed by atoms with E-state index < -0.39 is 18.0 Å². The summed E-state index contributed by atoms with van der Waals surface area (Å²) in [6.45, 7) is 0. The fourth-order valence-corrected chi connectivity index (χ4v) is 4.44. The van der Waals surface area contributed by atoms with Crippen LogP contribution in [0.4, 0.5) is 10.5 Å². The summed E-state index contributed by atoms with van der Waals surface area (Å²) < 4.78 is 10.5. The summed E-state index contributed by atoms with van der Waals surface area (Å²) in [7, 11) is 2.99. The van der Waals surface area contributed by atoms with Crippen molar-refractivity contribution >= 4 is 29.1 Å². The lowest BCUT2D eigenvalue weighted by Gasteiger charge is -2.23. The molecule has 5 rings (SSSR count). The second kappa shape index (κ2) is 9.08. The zero-order valence-electron chi connectivity index (χ0n) is 19.4. The Morgan fingerprint density at radius 2 is 1.72 bits per heavy atom. The maximum absolute atomic E-state index is 13.8. The number of imide groups is 1. The molecule has 0 aromatic heterocycles. The molecule has 0 fully saturated rings. The molecule has 3 N–H and O–H groups in total. The first kappa shape index (κ1) is 22.9. The van der Waals surface area contributed by atoms with Crippen molar-refractivity contribution in [1.82, 2.24) is 5.43 Å². The van der Waals surface area contributed by atoms with Crippen LogP contribution in [0.5, 0.6) is 11.5 Å². The number of rotatable bonds is 5. The van der Waals surface area contributed by atoms with Gasteiger partial charge in [0.15, 0.2) is 5.78 Å². The van der Waals surface area contributed by atoms with Crippen molar-refractivity contribution in [3.05, 3.63) is 94.6 Å². The predicted octanol–water partition coefficient (Wildman–Crippen LogP) is 4.05. The molecule has 1 unspecified atom stereocenters. The molecule has 180 valence electrons. The highest BCUT2D eigenvalue weighted by Crippen LogP contribution is 2.49. The Bertz CT molecular complexity index is 1460. The van der Waals surface area contributed by atoms with Crippen LogP contribution in [-0.4, -0.2) is 31.9 Å². The zero-order valence-corrected chi connectivity index (χ0v) is 19.4. The van der Waals surface area contributed by atoms with Crippen LogP contribution in [0.2, 0.25) is 0 Å². The van der Waals surface area contributed by atoms with Crippen molar-refractivity contribution in [2.75, 3.05) is 19.1 Å². The summed E-state index contributed by atoms with van der Waals surface area (Å²) in [5.41, 5.74) is 4.45. The van der Waals surface area contributed by atoms with E-state index in [-0.39, 0.29) is 28.3 Å². The normalized spacial score (nSPS) is 15.4. The highest BCUT2D eigenvalue weighted by atomic mass is 16.5. The van der Waals surface area contributed by atoms with Crippen LogP contribution in [0.3, 0.4) is 0 Å². The molecule has 0 saturated heterocycles. The minimum Gasteiger partial charge on any atom is -0.497 e. The number of hydrogen-bond acceptors (Lipinski definition) is 8. The number of hydrazine groups is 1. The van der Waals surface area contributed by atoms with Crippen LogP contribution in [0.15, 0.2) is 82.5 Å². The summed E-state index contributed by atoms with van der Waals surface area (Å²) in [4.78, 5) is 41.1. The predicted molar refractivity (Wildman–Crippen MR) is 131 cm³/mol. The molecule has 3 aromatic rings. The molecule has 0 saturated carbocycles. The molecule has 10 heteroatoms. The molecular weight excluding hydrogens is 462 g/mol. The Morgan fingerprint density at radius 1 is 0.972 bits per heavy atom. The molecule has 3 aromatic carbocycles. The van der Waals surface area contributed by atoms with Crippen molar-refractivity contribution in [3.8, 4) is 11.5 Å². The van der Waals surface area contributed by atoms with Crippen LogP contribution in [-0.2, 0) is 0 Å². The van der Waals surface area contributed by atoms with E-state index in [1.54, 1.807) is 61.7 Å². The van der Waals surface area contributed by atoms with E-state index in [1.807, 2.05) is 5.43 Å². The molecular formula is C26H21N5O5. The average Bonchev–Trinajstić information content (AvgIpc) is 3.48. The van der Waals surface area contributed by atoms with Gasteiger partial charge in [-0.3, -0.25) is 15.0 Å². The molecule has 1 atom stereocenters. The number of urea groups is 1. The van der Waals surface area contributed by atoms with Gasteiger partial charge in [-0.15, -0.1) is 0 Å². The Labute approximate surface area is 206 Å². The molecule has 1 aliphatic heterocycles. The van der Waals surface area contributed by atoms with Crippen LogP contribution in [0, 0.1) is 0 Å². The molecule has 1 heterocycles. The van der Waals surface area contributed by atoms with Gasteiger partial charge in [-0.05, 0) is 48.0 Å². The lowest BCUT2D eigenvalue weighted by atomic mass is 10.0. The number of nitrogens with zero attached hydrogens (tertiary/aromatic N) is 3. The van der Waals surface area contributed by atoms with Crippen LogP contribution in [0.1, 0.15) is 37.9 Å². The Kier molecular flexibility index (Phi) is 5.79. The van der Waals surface area contributed by atoms with Gasteiger partial charge in [0.2, 0.25) is 0 Å². The number of carbonyl (C=O) groups is 3. The van der Waals surface area contributed by atoms with Crippen LogP contribution in [0.25, 0.3) is 5.70 Å². The summed E-state index contributed by atoms with van der Waals surface area (Å²) >= 11 is 0. The number of amides is 3. The zero-order chi connectivity index (χ0) is 25.4. The number of ketones is 1. The number of anilines is 1. The number of Topliss-reactive ketones (excluding diaryl/α,β-unsaturated/α-hetero) is 1. The number of hydrogen-bond donors (Lipinski definition) is 2. The topological polar surface area (TPSA) is 136 Å². The Morgan fingerprint density at radius 3 is 2.42 bits per heavy atom. The minimum absolute atomic E-state index is 0.0857. The number of benzene rings is 3. The van der Waals surface area contributed by atoms with Gasteiger partial charge in [-0.1, -0.05) is 24.3 Å². The van der Waals surface area contributed by atoms with Crippen molar-refractivity contribution in [2.24, 2.45) is 16.1 Å². The largest absolute Gasteiger partial charge is 0.497 e. The Hall–Kier alpha value is -4.83. The van der Waals surface area contributed by atoms with E-state index in [4.69, 9.17) is 15.3 Å². The maximum atomic E-state index is 13.8. The van der Waals surface area contributed by atoms with E-state index in [0.29, 0.717) is 28.1 Å². The number of carbonyl (C=O) groups excluding carboxylic acids is 3. The number of nitrogens with two attached hydrogens (primary N) is 1. The first-order valence-electron chi connectivity index (χ1n) is 10.9. The van der Waals surface area contributed by atoms with Crippen LogP contribution < -0.4 is 25.6 Å². The molecule has 3 amide bonds. The monoisotopic (exact) mass is 483 g/mol. The highest BCUT2D eigenvalue weighted by molar-refractivity contribution is 6.27. The van der Waals surface area contributed by atoms with Gasteiger partial charge in [0.05, 0.1) is 36.6 Å². The number of methoxy groups -OCH3 is 2. The third-order valence-corrected chi connectivity index (χ3v) is 6.11. The van der Waals surface area contributed by atoms with Crippen molar-refractivity contribution in [1.29, 1.82) is 0 Å². The standard InChI is InChI=1S/C26H21N5O5/c1-35-15-12-10-14(11-13-15)22-21-23(30-29-22)17-7-5-8-18(20(17)24(21)32)31(26(34)28-27)25(33)16-6-3-4-9-19(16)36-2/h3-13,23H,27H2,1-2H3,(H,28,34). The lowest BCUT2D eigenvalue weighted by Crippen LogP contribution is -2.47. The molecule has 1 aliphatic carbocycles. The second-order valence-electron chi connectivity index (χ2n) is 7.97. The van der Waals surface area contributed by atoms with E-state index in [1.165, 1.54) is 19.2 Å². The maximum Gasteiger partial charge on any atom is 0.343 e. The highest BCUT2D eigenvalue weighted by Gasteiger charge is 2.44. The third kappa shape index (κ3) is 3.51. The first-order chi connectivity index (χ1) is 17.5. The number of ether oxygens (including phenoxy) is 2. The molecule has 10 nitrogen and oxygen atoms in total. The minimum atomic E-state index is -0.907. The third-order valence-electron chi connectivity index (χ3n) is 6.11. The quantitative estimate of drug-likeness (QED) is 0.319. The van der Waals surface area contributed by atoms with Crippen LogP contribution >= 0.6 is 0 Å². The van der Waals surface area contributed by atoms with Gasteiger partial charge in [0.1, 0.15) is 23.2 Å².